The zero-order chi connectivity index (χ0) is 13.1. The molecule has 0 aromatic carbocycles. The van der Waals surface area contributed by atoms with Crippen LogP contribution in [0.25, 0.3) is 0 Å². The third kappa shape index (κ3) is 3.10. The zero-order valence-electron chi connectivity index (χ0n) is 11.4. The Morgan fingerprint density at radius 1 is 1.67 bits per heavy atom. The van der Waals surface area contributed by atoms with Crippen LogP contribution in [0.2, 0.25) is 0 Å². The van der Waals surface area contributed by atoms with E-state index in [0.717, 1.165) is 18.1 Å². The summed E-state index contributed by atoms with van der Waals surface area (Å²) in [6.45, 7) is 5.14. The highest BCUT2D eigenvalue weighted by atomic mass is 16.1. The number of piperidine rings is 1. The lowest BCUT2D eigenvalue weighted by Crippen LogP contribution is -2.42. The second-order valence-corrected chi connectivity index (χ2v) is 5.23. The molecule has 0 aliphatic carbocycles. The van der Waals surface area contributed by atoms with Crippen molar-refractivity contribution >= 4 is 11.7 Å². The van der Waals surface area contributed by atoms with Crippen LogP contribution in [0.5, 0.6) is 0 Å². The first-order valence-electron chi connectivity index (χ1n) is 6.60. The summed E-state index contributed by atoms with van der Waals surface area (Å²) < 4.78 is 1.70. The third-order valence-electron chi connectivity index (χ3n) is 3.60. The molecule has 18 heavy (non-hydrogen) atoms. The van der Waals surface area contributed by atoms with E-state index in [1.165, 1.54) is 12.8 Å². The predicted molar refractivity (Wildman–Crippen MR) is 71.4 cm³/mol. The SMILES string of the molecule is Cc1cc(NC(=O)CC2NCCCC2C)n(C)n1. The van der Waals surface area contributed by atoms with E-state index in [4.69, 9.17) is 0 Å². The van der Waals surface area contributed by atoms with Crippen molar-refractivity contribution in [3.05, 3.63) is 11.8 Å². The van der Waals surface area contributed by atoms with Crippen molar-refractivity contribution in [3.8, 4) is 0 Å². The molecule has 2 unspecified atom stereocenters. The predicted octanol–water partition coefficient (Wildman–Crippen LogP) is 1.45. The number of anilines is 1. The standard InChI is InChI=1S/C13H22N4O/c1-9-5-4-6-14-11(9)8-13(18)15-12-7-10(2)16-17(12)3/h7,9,11,14H,4-6,8H2,1-3H3,(H,15,18). The van der Waals surface area contributed by atoms with Gasteiger partial charge in [-0.2, -0.15) is 5.10 Å². The molecule has 1 aliphatic rings. The van der Waals surface area contributed by atoms with Crippen molar-refractivity contribution in [1.82, 2.24) is 15.1 Å². The van der Waals surface area contributed by atoms with E-state index in [1.807, 2.05) is 20.0 Å². The van der Waals surface area contributed by atoms with Crippen LogP contribution in [0.4, 0.5) is 5.82 Å². The van der Waals surface area contributed by atoms with Crippen LogP contribution < -0.4 is 10.6 Å². The van der Waals surface area contributed by atoms with Crippen LogP contribution in [-0.2, 0) is 11.8 Å². The average molecular weight is 250 g/mol. The van der Waals surface area contributed by atoms with Crippen molar-refractivity contribution in [3.63, 3.8) is 0 Å². The largest absolute Gasteiger partial charge is 0.313 e. The summed E-state index contributed by atoms with van der Waals surface area (Å²) in [6, 6.07) is 2.18. The van der Waals surface area contributed by atoms with Gasteiger partial charge in [0.05, 0.1) is 5.69 Å². The van der Waals surface area contributed by atoms with Crippen molar-refractivity contribution in [1.29, 1.82) is 0 Å². The minimum Gasteiger partial charge on any atom is -0.313 e. The molecule has 2 N–H and O–H groups in total. The highest BCUT2D eigenvalue weighted by molar-refractivity contribution is 5.90. The lowest BCUT2D eigenvalue weighted by Gasteiger charge is -2.29. The van der Waals surface area contributed by atoms with Crippen molar-refractivity contribution in [2.24, 2.45) is 13.0 Å². The molecule has 1 amide bonds. The molecule has 2 rings (SSSR count). The van der Waals surface area contributed by atoms with Gasteiger partial charge >= 0.3 is 0 Å². The molecule has 100 valence electrons. The van der Waals surface area contributed by atoms with Gasteiger partial charge in [-0.15, -0.1) is 0 Å². The van der Waals surface area contributed by atoms with Gasteiger partial charge in [0.2, 0.25) is 5.91 Å². The second-order valence-electron chi connectivity index (χ2n) is 5.23. The Hall–Kier alpha value is -1.36. The monoisotopic (exact) mass is 250 g/mol. The van der Waals surface area contributed by atoms with Crippen molar-refractivity contribution in [2.75, 3.05) is 11.9 Å². The summed E-state index contributed by atoms with van der Waals surface area (Å²) >= 11 is 0. The average Bonchev–Trinajstić information content (AvgIpc) is 2.61. The van der Waals surface area contributed by atoms with Gasteiger partial charge < -0.3 is 10.6 Å². The number of carbonyl (C=O) groups is 1. The van der Waals surface area contributed by atoms with Crippen LogP contribution in [0.1, 0.15) is 31.9 Å². The normalized spacial score (nSPS) is 23.9. The fourth-order valence-corrected chi connectivity index (χ4v) is 2.51. The van der Waals surface area contributed by atoms with Gasteiger partial charge in [-0.05, 0) is 32.2 Å². The van der Waals surface area contributed by atoms with Crippen LogP contribution in [0, 0.1) is 12.8 Å². The molecule has 0 radical (unpaired) electrons. The number of carbonyl (C=O) groups excluding carboxylic acids is 1. The molecule has 2 heterocycles. The minimum atomic E-state index is 0.0595. The van der Waals surface area contributed by atoms with Gasteiger partial charge in [0.15, 0.2) is 0 Å². The topological polar surface area (TPSA) is 59.0 Å². The maximum absolute atomic E-state index is 12.0. The van der Waals surface area contributed by atoms with Crippen LogP contribution in [0.15, 0.2) is 6.07 Å². The molecule has 1 fully saturated rings. The summed E-state index contributed by atoms with van der Waals surface area (Å²) in [6.07, 6.45) is 2.95. The number of hydrogen-bond acceptors (Lipinski definition) is 3. The fourth-order valence-electron chi connectivity index (χ4n) is 2.51. The zero-order valence-corrected chi connectivity index (χ0v) is 11.4. The van der Waals surface area contributed by atoms with Gasteiger partial charge in [0.25, 0.3) is 0 Å². The summed E-state index contributed by atoms with van der Waals surface area (Å²) in [5.41, 5.74) is 0.914. The fraction of sp³-hybridized carbons (Fsp3) is 0.692. The molecule has 1 aromatic rings. The molecule has 0 bridgehead atoms. The summed E-state index contributed by atoms with van der Waals surface area (Å²) in [7, 11) is 1.84. The molecule has 1 aromatic heterocycles. The van der Waals surface area contributed by atoms with E-state index in [2.05, 4.69) is 22.7 Å². The first-order chi connectivity index (χ1) is 8.56. The summed E-state index contributed by atoms with van der Waals surface area (Å²) in [4.78, 5) is 12.0. The lowest BCUT2D eigenvalue weighted by molar-refractivity contribution is -0.117. The van der Waals surface area contributed by atoms with Gasteiger partial charge in [-0.3, -0.25) is 9.48 Å². The van der Waals surface area contributed by atoms with E-state index in [1.54, 1.807) is 4.68 Å². The molecule has 0 saturated carbocycles. The second kappa shape index (κ2) is 5.52. The van der Waals surface area contributed by atoms with Gasteiger partial charge in [0, 0.05) is 25.6 Å². The van der Waals surface area contributed by atoms with E-state index in [0.29, 0.717) is 18.4 Å². The van der Waals surface area contributed by atoms with E-state index < -0.39 is 0 Å². The maximum Gasteiger partial charge on any atom is 0.227 e. The number of hydrogen-bond donors (Lipinski definition) is 2. The highest BCUT2D eigenvalue weighted by Crippen LogP contribution is 2.18. The first-order valence-corrected chi connectivity index (χ1v) is 6.60. The maximum atomic E-state index is 12.0. The summed E-state index contributed by atoms with van der Waals surface area (Å²) in [5, 5.41) is 10.6. The lowest BCUT2D eigenvalue weighted by atomic mass is 9.90. The van der Waals surface area contributed by atoms with E-state index in [-0.39, 0.29) is 5.91 Å². The molecule has 1 aliphatic heterocycles. The number of aryl methyl sites for hydroxylation is 2. The Kier molecular flexibility index (Phi) is 4.01. The van der Waals surface area contributed by atoms with Gasteiger partial charge in [-0.25, -0.2) is 0 Å². The Morgan fingerprint density at radius 2 is 2.44 bits per heavy atom. The van der Waals surface area contributed by atoms with Crippen LogP contribution in [0.3, 0.4) is 0 Å². The number of rotatable bonds is 3. The summed E-state index contributed by atoms with van der Waals surface area (Å²) in [5.74, 6) is 1.39. The van der Waals surface area contributed by atoms with Gasteiger partial charge in [0.1, 0.15) is 5.82 Å². The number of nitrogens with one attached hydrogen (secondary N) is 2. The van der Waals surface area contributed by atoms with E-state index >= 15 is 0 Å². The minimum absolute atomic E-state index is 0.0595. The molecule has 1 saturated heterocycles. The molecular weight excluding hydrogens is 228 g/mol. The van der Waals surface area contributed by atoms with Crippen LogP contribution >= 0.6 is 0 Å². The molecule has 5 heteroatoms. The van der Waals surface area contributed by atoms with Gasteiger partial charge in [-0.1, -0.05) is 6.92 Å². The Balaban J connectivity index is 1.90. The quantitative estimate of drug-likeness (QED) is 0.853. The number of nitrogens with zero attached hydrogens (tertiary/aromatic N) is 2. The van der Waals surface area contributed by atoms with Crippen molar-refractivity contribution in [2.45, 2.75) is 39.2 Å². The molecule has 0 spiro atoms. The van der Waals surface area contributed by atoms with Crippen LogP contribution in [-0.4, -0.2) is 28.3 Å². The highest BCUT2D eigenvalue weighted by Gasteiger charge is 2.23. The molecular formula is C13H22N4O. The first kappa shape index (κ1) is 13.1. The Bertz CT molecular complexity index is 427. The Morgan fingerprint density at radius 3 is 3.06 bits per heavy atom. The molecule has 2 atom stereocenters. The van der Waals surface area contributed by atoms with Crippen molar-refractivity contribution < 1.29 is 4.79 Å². The smallest absolute Gasteiger partial charge is 0.227 e. The molecule has 5 nitrogen and oxygen atoms in total. The Labute approximate surface area is 108 Å². The van der Waals surface area contributed by atoms with E-state index in [9.17, 15) is 4.79 Å². The number of amides is 1. The third-order valence-corrected chi connectivity index (χ3v) is 3.60. The number of aromatic nitrogens is 2.